The van der Waals surface area contributed by atoms with Crippen molar-refractivity contribution >= 4 is 6.09 Å². The van der Waals surface area contributed by atoms with Gasteiger partial charge in [0.15, 0.2) is 0 Å². The van der Waals surface area contributed by atoms with E-state index in [0.29, 0.717) is 6.04 Å². The number of carbonyl (C=O) groups is 1. The molecule has 2 unspecified atom stereocenters. The fraction of sp³-hybridized carbons (Fsp3) is 0.733. The third-order valence-corrected chi connectivity index (χ3v) is 3.26. The average molecular weight is 296 g/mol. The highest BCUT2D eigenvalue weighted by atomic mass is 16.6. The first kappa shape index (κ1) is 17.5. The zero-order valence-electron chi connectivity index (χ0n) is 14.2. The van der Waals surface area contributed by atoms with Crippen molar-refractivity contribution in [1.29, 1.82) is 0 Å². The van der Waals surface area contributed by atoms with Gasteiger partial charge in [-0.3, -0.25) is 0 Å². The molecule has 2 atom stereocenters. The minimum Gasteiger partial charge on any atom is -0.444 e. The van der Waals surface area contributed by atoms with Gasteiger partial charge in [0.2, 0.25) is 0 Å². The smallest absolute Gasteiger partial charge is 0.408 e. The molecule has 1 amide bonds. The number of hydrogen-bond acceptors (Lipinski definition) is 4. The van der Waals surface area contributed by atoms with Gasteiger partial charge >= 0.3 is 6.09 Å². The van der Waals surface area contributed by atoms with Crippen LogP contribution in [0.25, 0.3) is 0 Å². The molecule has 1 rings (SSSR count). The van der Waals surface area contributed by atoms with Crippen LogP contribution in [0.1, 0.15) is 46.4 Å². The van der Waals surface area contributed by atoms with Crippen LogP contribution in [0.4, 0.5) is 4.79 Å². The number of carbonyl (C=O) groups excluding carboxylic acids is 1. The van der Waals surface area contributed by atoms with Gasteiger partial charge in [-0.25, -0.2) is 9.78 Å². The van der Waals surface area contributed by atoms with Crippen molar-refractivity contribution in [2.75, 3.05) is 14.1 Å². The van der Waals surface area contributed by atoms with Crippen molar-refractivity contribution in [2.24, 2.45) is 0 Å². The Morgan fingerprint density at radius 3 is 2.57 bits per heavy atom. The molecule has 0 aliphatic rings. The van der Waals surface area contributed by atoms with Gasteiger partial charge in [0, 0.05) is 12.6 Å². The molecule has 21 heavy (non-hydrogen) atoms. The Bertz CT molecular complexity index is 462. The lowest BCUT2D eigenvalue weighted by Crippen LogP contribution is -2.35. The van der Waals surface area contributed by atoms with Crippen LogP contribution in [-0.2, 0) is 11.3 Å². The highest BCUT2D eigenvalue weighted by molar-refractivity contribution is 5.68. The van der Waals surface area contributed by atoms with Gasteiger partial charge in [0.1, 0.15) is 5.60 Å². The number of aromatic nitrogens is 2. The molecule has 0 saturated heterocycles. The topological polar surface area (TPSA) is 59.4 Å². The van der Waals surface area contributed by atoms with E-state index in [1.807, 2.05) is 41.8 Å². The third kappa shape index (κ3) is 5.75. The van der Waals surface area contributed by atoms with Crippen LogP contribution < -0.4 is 5.32 Å². The third-order valence-electron chi connectivity index (χ3n) is 3.26. The first-order chi connectivity index (χ1) is 9.60. The molecule has 0 fully saturated rings. The molecular formula is C15H28N4O2. The molecule has 6 nitrogen and oxygen atoms in total. The number of rotatable bonds is 5. The van der Waals surface area contributed by atoms with Crippen molar-refractivity contribution < 1.29 is 9.53 Å². The quantitative estimate of drug-likeness (QED) is 0.906. The predicted octanol–water partition coefficient (Wildman–Crippen LogP) is 2.42. The van der Waals surface area contributed by atoms with Gasteiger partial charge in [-0.2, -0.15) is 0 Å². The molecule has 1 aromatic heterocycles. The zero-order valence-corrected chi connectivity index (χ0v) is 14.2. The number of alkyl carbamates (subject to hydrolysis) is 1. The van der Waals surface area contributed by atoms with Gasteiger partial charge in [-0.1, -0.05) is 0 Å². The molecule has 0 saturated carbocycles. The lowest BCUT2D eigenvalue weighted by atomic mass is 10.2. The van der Waals surface area contributed by atoms with Crippen molar-refractivity contribution in [3.8, 4) is 0 Å². The Morgan fingerprint density at radius 2 is 2.05 bits per heavy atom. The van der Waals surface area contributed by atoms with Gasteiger partial charge < -0.3 is 19.5 Å². The summed E-state index contributed by atoms with van der Waals surface area (Å²) in [4.78, 5) is 18.2. The maximum atomic E-state index is 11.8. The van der Waals surface area contributed by atoms with Gasteiger partial charge in [-0.15, -0.1) is 0 Å². The standard InChI is InChI=1S/C15H28N4O2/c1-11(18(6)7)9-19-10-16-8-13(19)12(2)17-14(20)21-15(3,4)5/h8,10-12H,9H2,1-7H3,(H,17,20). The molecule has 0 radical (unpaired) electrons. The van der Waals surface area contributed by atoms with Crippen molar-refractivity contribution in [1.82, 2.24) is 19.8 Å². The molecule has 0 aliphatic carbocycles. The maximum Gasteiger partial charge on any atom is 0.408 e. The second kappa shape index (κ2) is 6.93. The fourth-order valence-electron chi connectivity index (χ4n) is 1.85. The van der Waals surface area contributed by atoms with Crippen molar-refractivity contribution in [3.63, 3.8) is 0 Å². The number of hydrogen-bond donors (Lipinski definition) is 1. The molecular weight excluding hydrogens is 268 g/mol. The van der Waals surface area contributed by atoms with Crippen molar-refractivity contribution in [2.45, 2.75) is 58.8 Å². The minimum atomic E-state index is -0.497. The van der Waals surface area contributed by atoms with Gasteiger partial charge in [-0.05, 0) is 48.7 Å². The zero-order chi connectivity index (χ0) is 16.2. The predicted molar refractivity (Wildman–Crippen MR) is 83.2 cm³/mol. The molecule has 0 spiro atoms. The molecule has 0 aliphatic heterocycles. The van der Waals surface area contributed by atoms with E-state index in [2.05, 4.69) is 26.7 Å². The molecule has 0 aromatic carbocycles. The number of nitrogens with one attached hydrogen (secondary N) is 1. The Kier molecular flexibility index (Phi) is 5.78. The summed E-state index contributed by atoms with van der Waals surface area (Å²) in [6.07, 6.45) is 3.16. The van der Waals surface area contributed by atoms with Crippen LogP contribution in [0.3, 0.4) is 0 Å². The summed E-state index contributed by atoms with van der Waals surface area (Å²) in [5.74, 6) is 0. The van der Waals surface area contributed by atoms with Crippen LogP contribution in [0.2, 0.25) is 0 Å². The van der Waals surface area contributed by atoms with E-state index in [9.17, 15) is 4.79 Å². The van der Waals surface area contributed by atoms with Crippen LogP contribution in [0.15, 0.2) is 12.5 Å². The van der Waals surface area contributed by atoms with E-state index in [1.54, 1.807) is 12.5 Å². The monoisotopic (exact) mass is 296 g/mol. The lowest BCUT2D eigenvalue weighted by molar-refractivity contribution is 0.0506. The Hall–Kier alpha value is -1.56. The van der Waals surface area contributed by atoms with Gasteiger partial charge in [0.05, 0.1) is 24.3 Å². The molecule has 1 aromatic rings. The molecule has 120 valence electrons. The highest BCUT2D eigenvalue weighted by Gasteiger charge is 2.20. The highest BCUT2D eigenvalue weighted by Crippen LogP contribution is 2.15. The normalized spacial score (nSPS) is 14.9. The largest absolute Gasteiger partial charge is 0.444 e. The number of imidazole rings is 1. The number of ether oxygens (including phenoxy) is 1. The molecule has 6 heteroatoms. The summed E-state index contributed by atoms with van der Waals surface area (Å²) in [6.45, 7) is 10.4. The van der Waals surface area contributed by atoms with Crippen LogP contribution >= 0.6 is 0 Å². The summed E-state index contributed by atoms with van der Waals surface area (Å²) in [5, 5.41) is 2.85. The first-order valence-electron chi connectivity index (χ1n) is 7.26. The molecule has 1 N–H and O–H groups in total. The van der Waals surface area contributed by atoms with E-state index in [4.69, 9.17) is 4.74 Å². The fourth-order valence-corrected chi connectivity index (χ4v) is 1.85. The SMILES string of the molecule is CC(NC(=O)OC(C)(C)C)c1cncn1CC(C)N(C)C. The number of likely N-dealkylation sites (N-methyl/N-ethyl adjacent to an activating group) is 1. The maximum absolute atomic E-state index is 11.8. The summed E-state index contributed by atoms with van der Waals surface area (Å²) in [5.41, 5.74) is 0.471. The Labute approximate surface area is 127 Å². The summed E-state index contributed by atoms with van der Waals surface area (Å²) < 4.78 is 7.34. The van der Waals surface area contributed by atoms with E-state index < -0.39 is 11.7 Å². The minimum absolute atomic E-state index is 0.156. The van der Waals surface area contributed by atoms with E-state index in [-0.39, 0.29) is 6.04 Å². The van der Waals surface area contributed by atoms with E-state index in [1.165, 1.54) is 0 Å². The Balaban J connectivity index is 2.69. The van der Waals surface area contributed by atoms with E-state index >= 15 is 0 Å². The molecule has 0 bridgehead atoms. The summed E-state index contributed by atoms with van der Waals surface area (Å²) >= 11 is 0. The van der Waals surface area contributed by atoms with Gasteiger partial charge in [0.25, 0.3) is 0 Å². The van der Waals surface area contributed by atoms with E-state index in [0.717, 1.165) is 12.2 Å². The Morgan fingerprint density at radius 1 is 1.43 bits per heavy atom. The second-order valence-electron chi connectivity index (χ2n) is 6.65. The second-order valence-corrected chi connectivity index (χ2v) is 6.65. The summed E-state index contributed by atoms with van der Waals surface area (Å²) in [6, 6.07) is 0.225. The first-order valence-corrected chi connectivity index (χ1v) is 7.26. The molecule has 1 heterocycles. The van der Waals surface area contributed by atoms with Crippen molar-refractivity contribution in [3.05, 3.63) is 18.2 Å². The van der Waals surface area contributed by atoms with Crippen LogP contribution in [0.5, 0.6) is 0 Å². The van der Waals surface area contributed by atoms with Crippen LogP contribution in [-0.4, -0.2) is 46.3 Å². The number of amides is 1. The van der Waals surface area contributed by atoms with Crippen LogP contribution in [0, 0.1) is 0 Å². The lowest BCUT2D eigenvalue weighted by Gasteiger charge is -2.24. The summed E-state index contributed by atoms with van der Waals surface area (Å²) in [7, 11) is 4.09. The number of nitrogens with zero attached hydrogens (tertiary/aromatic N) is 3. The average Bonchev–Trinajstić information content (AvgIpc) is 2.73.